The minimum absolute atomic E-state index is 0.314. The van der Waals surface area contributed by atoms with Crippen molar-refractivity contribution in [1.82, 2.24) is 4.90 Å². The summed E-state index contributed by atoms with van der Waals surface area (Å²) in [6.07, 6.45) is 0.653. The van der Waals surface area contributed by atoms with Gasteiger partial charge in [-0.3, -0.25) is 9.69 Å². The summed E-state index contributed by atoms with van der Waals surface area (Å²) in [4.78, 5) is 24.7. The van der Waals surface area contributed by atoms with Crippen molar-refractivity contribution in [2.45, 2.75) is 13.0 Å². The van der Waals surface area contributed by atoms with Gasteiger partial charge in [-0.2, -0.15) is 0 Å². The standard InChI is InChI=1S/C15H14BrNO4/c16-11-1-2-12-10(5-14(18)21-13(12)6-11)8-17-4-3-9(7-17)15(19)20/h1-2,5-6,9H,3-4,7-8H2,(H,19,20). The van der Waals surface area contributed by atoms with Crippen molar-refractivity contribution in [1.29, 1.82) is 0 Å². The number of carbonyl (C=O) groups is 1. The van der Waals surface area contributed by atoms with E-state index in [4.69, 9.17) is 9.52 Å². The van der Waals surface area contributed by atoms with Crippen LogP contribution in [0.3, 0.4) is 0 Å². The third kappa shape index (κ3) is 3.01. The van der Waals surface area contributed by atoms with Gasteiger partial charge in [0.2, 0.25) is 0 Å². The number of aliphatic carboxylic acids is 1. The van der Waals surface area contributed by atoms with Crippen LogP contribution in [0.25, 0.3) is 11.0 Å². The summed E-state index contributed by atoms with van der Waals surface area (Å²) in [6.45, 7) is 1.82. The van der Waals surface area contributed by atoms with Crippen LogP contribution in [0, 0.1) is 5.92 Å². The first kappa shape index (κ1) is 14.3. The lowest BCUT2D eigenvalue weighted by Gasteiger charge is -2.16. The molecule has 1 aliphatic heterocycles. The van der Waals surface area contributed by atoms with Crippen molar-refractivity contribution >= 4 is 32.9 Å². The summed E-state index contributed by atoms with van der Waals surface area (Å²) in [5, 5.41) is 9.93. The molecule has 2 heterocycles. The molecule has 0 radical (unpaired) electrons. The van der Waals surface area contributed by atoms with E-state index in [2.05, 4.69) is 20.8 Å². The van der Waals surface area contributed by atoms with E-state index in [1.807, 2.05) is 12.1 Å². The smallest absolute Gasteiger partial charge is 0.336 e. The van der Waals surface area contributed by atoms with E-state index >= 15 is 0 Å². The van der Waals surface area contributed by atoms with Crippen LogP contribution in [-0.2, 0) is 11.3 Å². The molecule has 0 bridgehead atoms. The zero-order valence-electron chi connectivity index (χ0n) is 11.2. The molecule has 6 heteroatoms. The number of nitrogens with zero attached hydrogens (tertiary/aromatic N) is 1. The molecule has 1 atom stereocenters. The number of benzene rings is 1. The summed E-state index contributed by atoms with van der Waals surface area (Å²) in [5.74, 6) is -1.07. The van der Waals surface area contributed by atoms with Crippen LogP contribution in [0.1, 0.15) is 12.0 Å². The first-order chi connectivity index (χ1) is 10.0. The third-order valence-electron chi connectivity index (χ3n) is 3.81. The first-order valence-corrected chi connectivity index (χ1v) is 7.49. The van der Waals surface area contributed by atoms with Crippen LogP contribution in [0.2, 0.25) is 0 Å². The van der Waals surface area contributed by atoms with Gasteiger partial charge in [-0.25, -0.2) is 4.79 Å². The highest BCUT2D eigenvalue weighted by molar-refractivity contribution is 9.10. The van der Waals surface area contributed by atoms with Gasteiger partial charge >= 0.3 is 11.6 Å². The minimum atomic E-state index is -0.751. The van der Waals surface area contributed by atoms with Crippen molar-refractivity contribution in [3.05, 3.63) is 44.7 Å². The van der Waals surface area contributed by atoms with Crippen molar-refractivity contribution in [3.63, 3.8) is 0 Å². The van der Waals surface area contributed by atoms with Crippen molar-refractivity contribution in [2.75, 3.05) is 13.1 Å². The molecule has 110 valence electrons. The van der Waals surface area contributed by atoms with Crippen LogP contribution in [-0.4, -0.2) is 29.1 Å². The van der Waals surface area contributed by atoms with Crippen LogP contribution in [0.15, 0.2) is 37.9 Å². The lowest BCUT2D eigenvalue weighted by atomic mass is 10.1. The van der Waals surface area contributed by atoms with E-state index in [0.717, 1.165) is 22.0 Å². The highest BCUT2D eigenvalue weighted by Gasteiger charge is 2.28. The molecule has 0 spiro atoms. The van der Waals surface area contributed by atoms with Crippen molar-refractivity contribution in [3.8, 4) is 0 Å². The van der Waals surface area contributed by atoms with Gasteiger partial charge in [0, 0.05) is 29.0 Å². The zero-order valence-corrected chi connectivity index (χ0v) is 12.8. The van der Waals surface area contributed by atoms with Gasteiger partial charge in [0.05, 0.1) is 5.92 Å². The molecule has 1 aliphatic rings. The normalized spacial score (nSPS) is 19.2. The van der Waals surface area contributed by atoms with E-state index in [0.29, 0.717) is 25.1 Å². The Morgan fingerprint density at radius 1 is 1.43 bits per heavy atom. The number of likely N-dealkylation sites (tertiary alicyclic amines) is 1. The van der Waals surface area contributed by atoms with E-state index in [9.17, 15) is 9.59 Å². The summed E-state index contributed by atoms with van der Waals surface area (Å²) in [6, 6.07) is 7.06. The maximum atomic E-state index is 11.7. The number of rotatable bonds is 3. The van der Waals surface area contributed by atoms with Gasteiger partial charge in [0.15, 0.2) is 0 Å². The molecule has 1 aromatic carbocycles. The van der Waals surface area contributed by atoms with Gasteiger partial charge in [-0.1, -0.05) is 15.9 Å². The molecule has 1 aromatic heterocycles. The number of halogens is 1. The Balaban J connectivity index is 1.91. The maximum absolute atomic E-state index is 11.7. The number of fused-ring (bicyclic) bond motifs is 1. The van der Waals surface area contributed by atoms with Crippen LogP contribution in [0.5, 0.6) is 0 Å². The molecule has 3 rings (SSSR count). The van der Waals surface area contributed by atoms with Crippen LogP contribution in [0.4, 0.5) is 0 Å². The number of carboxylic acid groups (broad SMARTS) is 1. The second kappa shape index (κ2) is 5.61. The fourth-order valence-corrected chi connectivity index (χ4v) is 3.09. The van der Waals surface area contributed by atoms with E-state index < -0.39 is 5.97 Å². The fraction of sp³-hybridized carbons (Fsp3) is 0.333. The second-order valence-electron chi connectivity index (χ2n) is 5.29. The molecule has 1 N–H and O–H groups in total. The molecular weight excluding hydrogens is 338 g/mol. The highest BCUT2D eigenvalue weighted by Crippen LogP contribution is 2.25. The molecule has 0 aliphatic carbocycles. The molecule has 5 nitrogen and oxygen atoms in total. The summed E-state index contributed by atoms with van der Waals surface area (Å²) in [5.41, 5.74) is 1.03. The van der Waals surface area contributed by atoms with Crippen LogP contribution >= 0.6 is 15.9 Å². The molecule has 1 saturated heterocycles. The topological polar surface area (TPSA) is 70.8 Å². The van der Waals surface area contributed by atoms with Gasteiger partial charge in [-0.05, 0) is 36.7 Å². The van der Waals surface area contributed by atoms with Crippen molar-refractivity contribution in [2.24, 2.45) is 5.92 Å². The number of hydrogen-bond acceptors (Lipinski definition) is 4. The average Bonchev–Trinajstić information content (AvgIpc) is 2.86. The Hall–Kier alpha value is -1.66. The second-order valence-corrected chi connectivity index (χ2v) is 6.21. The third-order valence-corrected chi connectivity index (χ3v) is 4.30. The SMILES string of the molecule is O=C(O)C1CCN(Cc2cc(=O)oc3cc(Br)ccc23)C1. The molecule has 21 heavy (non-hydrogen) atoms. The lowest BCUT2D eigenvalue weighted by Crippen LogP contribution is -2.23. The first-order valence-electron chi connectivity index (χ1n) is 6.70. The average molecular weight is 352 g/mol. The quantitative estimate of drug-likeness (QED) is 0.860. The van der Waals surface area contributed by atoms with E-state index in [1.54, 1.807) is 6.07 Å². The molecular formula is C15H14BrNO4. The molecule has 0 amide bonds. The Morgan fingerprint density at radius 2 is 2.24 bits per heavy atom. The highest BCUT2D eigenvalue weighted by atomic mass is 79.9. The number of hydrogen-bond donors (Lipinski definition) is 1. The Bertz CT molecular complexity index is 755. The monoisotopic (exact) mass is 351 g/mol. The Labute approximate surface area is 129 Å². The Kier molecular flexibility index (Phi) is 3.82. The number of carboxylic acids is 1. The maximum Gasteiger partial charge on any atom is 0.336 e. The predicted molar refractivity (Wildman–Crippen MR) is 81.2 cm³/mol. The van der Waals surface area contributed by atoms with Gasteiger partial charge in [0.25, 0.3) is 0 Å². The van der Waals surface area contributed by atoms with Gasteiger partial charge in [-0.15, -0.1) is 0 Å². The molecule has 1 unspecified atom stereocenters. The van der Waals surface area contributed by atoms with Gasteiger partial charge < -0.3 is 9.52 Å². The lowest BCUT2D eigenvalue weighted by molar-refractivity contribution is -0.141. The largest absolute Gasteiger partial charge is 0.481 e. The summed E-state index contributed by atoms with van der Waals surface area (Å²) >= 11 is 3.36. The van der Waals surface area contributed by atoms with E-state index in [1.165, 1.54) is 6.07 Å². The molecule has 0 saturated carbocycles. The van der Waals surface area contributed by atoms with E-state index in [-0.39, 0.29) is 11.5 Å². The zero-order chi connectivity index (χ0) is 15.0. The minimum Gasteiger partial charge on any atom is -0.481 e. The summed E-state index contributed by atoms with van der Waals surface area (Å²) < 4.78 is 6.06. The van der Waals surface area contributed by atoms with Gasteiger partial charge in [0.1, 0.15) is 5.58 Å². The molecule has 1 fully saturated rings. The van der Waals surface area contributed by atoms with Crippen molar-refractivity contribution < 1.29 is 14.3 Å². The predicted octanol–water partition coefficient (Wildman–Crippen LogP) is 2.46. The Morgan fingerprint density at radius 3 is 2.95 bits per heavy atom. The van der Waals surface area contributed by atoms with Crippen LogP contribution < -0.4 is 5.63 Å². The molecule has 2 aromatic rings. The summed E-state index contributed by atoms with van der Waals surface area (Å²) in [7, 11) is 0. The fourth-order valence-electron chi connectivity index (χ4n) is 2.75.